The fraction of sp³-hybridized carbons (Fsp3) is 0.0909. The molecule has 2 N–H and O–H groups in total. The lowest BCUT2D eigenvalue weighted by molar-refractivity contribution is 1.40. The third kappa shape index (κ3) is 2.91. The topological polar surface area (TPSA) is 26.0 Å². The van der Waals surface area contributed by atoms with Crippen LogP contribution in [0, 0.1) is 0 Å². The van der Waals surface area contributed by atoms with Crippen LogP contribution in [0.5, 0.6) is 0 Å². The van der Waals surface area contributed by atoms with E-state index in [1.165, 1.54) is 5.56 Å². The molecular formula is C11H10ClNS2. The summed E-state index contributed by atoms with van der Waals surface area (Å²) in [6.07, 6.45) is 0. The van der Waals surface area contributed by atoms with Gasteiger partial charge in [0.25, 0.3) is 0 Å². The van der Waals surface area contributed by atoms with Crippen molar-refractivity contribution in [1.29, 1.82) is 0 Å². The zero-order valence-electron chi connectivity index (χ0n) is 7.94. The zero-order valence-corrected chi connectivity index (χ0v) is 10.3. The Kier molecular flexibility index (Phi) is 3.57. The highest BCUT2D eigenvalue weighted by Gasteiger charge is 2.01. The van der Waals surface area contributed by atoms with Crippen molar-refractivity contribution in [3.05, 3.63) is 46.3 Å². The van der Waals surface area contributed by atoms with E-state index in [-0.39, 0.29) is 0 Å². The second kappa shape index (κ2) is 4.92. The van der Waals surface area contributed by atoms with Crippen molar-refractivity contribution >= 4 is 39.7 Å². The van der Waals surface area contributed by atoms with Gasteiger partial charge in [-0.1, -0.05) is 23.7 Å². The average Bonchev–Trinajstić information content (AvgIpc) is 2.63. The Morgan fingerprint density at radius 2 is 1.93 bits per heavy atom. The van der Waals surface area contributed by atoms with Gasteiger partial charge in [-0.05, 0) is 29.1 Å². The zero-order chi connectivity index (χ0) is 10.7. The van der Waals surface area contributed by atoms with Crippen LogP contribution in [0.3, 0.4) is 0 Å². The second-order valence-corrected chi connectivity index (χ2v) is 5.47. The number of nitrogen functional groups attached to an aromatic ring is 1. The van der Waals surface area contributed by atoms with Gasteiger partial charge in [-0.3, -0.25) is 0 Å². The van der Waals surface area contributed by atoms with Crippen molar-refractivity contribution in [3.8, 4) is 0 Å². The molecule has 2 rings (SSSR count). The summed E-state index contributed by atoms with van der Waals surface area (Å²) in [6.45, 7) is 0. The predicted octanol–water partition coefficient (Wildman–Crippen LogP) is 4.28. The third-order valence-corrected chi connectivity index (χ3v) is 4.24. The summed E-state index contributed by atoms with van der Waals surface area (Å²) < 4.78 is 0. The molecule has 0 saturated carbocycles. The first-order chi connectivity index (χ1) is 7.25. The molecule has 0 bridgehead atoms. The SMILES string of the molecule is Nc1sccc1SCc1ccc(Cl)cc1. The normalized spacial score (nSPS) is 10.5. The fourth-order valence-electron chi connectivity index (χ4n) is 1.17. The molecule has 15 heavy (non-hydrogen) atoms. The Morgan fingerprint density at radius 3 is 2.53 bits per heavy atom. The summed E-state index contributed by atoms with van der Waals surface area (Å²) >= 11 is 9.14. The van der Waals surface area contributed by atoms with Crippen molar-refractivity contribution in [2.75, 3.05) is 5.73 Å². The molecule has 1 aromatic heterocycles. The van der Waals surface area contributed by atoms with Crippen LogP contribution >= 0.6 is 34.7 Å². The molecule has 0 fully saturated rings. The number of thioether (sulfide) groups is 1. The number of benzene rings is 1. The van der Waals surface area contributed by atoms with Gasteiger partial charge in [0.15, 0.2) is 0 Å². The first-order valence-electron chi connectivity index (χ1n) is 4.46. The van der Waals surface area contributed by atoms with Gasteiger partial charge in [-0.15, -0.1) is 23.1 Å². The van der Waals surface area contributed by atoms with E-state index >= 15 is 0 Å². The molecule has 1 aromatic carbocycles. The molecule has 1 heterocycles. The molecule has 0 spiro atoms. The largest absolute Gasteiger partial charge is 0.390 e. The first-order valence-corrected chi connectivity index (χ1v) is 6.70. The smallest absolute Gasteiger partial charge is 0.0994 e. The lowest BCUT2D eigenvalue weighted by atomic mass is 10.2. The molecule has 4 heteroatoms. The number of hydrogen-bond acceptors (Lipinski definition) is 3. The summed E-state index contributed by atoms with van der Waals surface area (Å²) in [7, 11) is 0. The Balaban J connectivity index is 1.99. The predicted molar refractivity (Wildman–Crippen MR) is 69.7 cm³/mol. The monoisotopic (exact) mass is 255 g/mol. The maximum atomic E-state index is 5.81. The van der Waals surface area contributed by atoms with Crippen molar-refractivity contribution in [3.63, 3.8) is 0 Å². The van der Waals surface area contributed by atoms with Crippen LogP contribution < -0.4 is 5.73 Å². The van der Waals surface area contributed by atoms with Gasteiger partial charge in [0.05, 0.1) is 5.00 Å². The van der Waals surface area contributed by atoms with Crippen molar-refractivity contribution in [2.45, 2.75) is 10.6 Å². The minimum atomic E-state index is 0.777. The van der Waals surface area contributed by atoms with Crippen LogP contribution in [-0.2, 0) is 5.75 Å². The standard InChI is InChI=1S/C11H10ClNS2/c12-9-3-1-8(2-4-9)7-15-10-5-6-14-11(10)13/h1-6H,7,13H2. The fourth-order valence-corrected chi connectivity index (χ4v) is 3.06. The first kappa shape index (κ1) is 10.9. The summed E-state index contributed by atoms with van der Waals surface area (Å²) in [5.41, 5.74) is 7.06. The van der Waals surface area contributed by atoms with Gasteiger partial charge in [-0.25, -0.2) is 0 Å². The van der Waals surface area contributed by atoms with Crippen LogP contribution in [0.1, 0.15) is 5.56 Å². The molecule has 0 atom stereocenters. The Morgan fingerprint density at radius 1 is 1.20 bits per heavy atom. The molecule has 78 valence electrons. The molecule has 0 amide bonds. The molecule has 0 unspecified atom stereocenters. The molecule has 0 aliphatic carbocycles. The molecule has 0 radical (unpaired) electrons. The van der Waals surface area contributed by atoms with Gasteiger partial charge in [0, 0.05) is 15.7 Å². The van der Waals surface area contributed by atoms with Gasteiger partial charge in [0.2, 0.25) is 0 Å². The lowest BCUT2D eigenvalue weighted by Crippen LogP contribution is -1.83. The van der Waals surface area contributed by atoms with Crippen LogP contribution in [-0.4, -0.2) is 0 Å². The van der Waals surface area contributed by atoms with E-state index in [1.54, 1.807) is 23.1 Å². The Hall–Kier alpha value is -0.640. The molecule has 2 aromatic rings. The van der Waals surface area contributed by atoms with Gasteiger partial charge >= 0.3 is 0 Å². The Bertz CT molecular complexity index is 436. The van der Waals surface area contributed by atoms with Crippen LogP contribution in [0.25, 0.3) is 0 Å². The van der Waals surface area contributed by atoms with Gasteiger partial charge in [-0.2, -0.15) is 0 Å². The lowest BCUT2D eigenvalue weighted by Gasteiger charge is -2.01. The third-order valence-electron chi connectivity index (χ3n) is 1.96. The average molecular weight is 256 g/mol. The number of thiophene rings is 1. The van der Waals surface area contributed by atoms with E-state index in [9.17, 15) is 0 Å². The van der Waals surface area contributed by atoms with Crippen LogP contribution in [0.15, 0.2) is 40.6 Å². The highest BCUT2D eigenvalue weighted by Crippen LogP contribution is 2.32. The second-order valence-electron chi connectivity index (χ2n) is 3.06. The maximum absolute atomic E-state index is 5.81. The molecule has 0 aliphatic heterocycles. The quantitative estimate of drug-likeness (QED) is 0.829. The van der Waals surface area contributed by atoms with E-state index in [4.69, 9.17) is 17.3 Å². The maximum Gasteiger partial charge on any atom is 0.0994 e. The molecule has 0 saturated heterocycles. The summed E-state index contributed by atoms with van der Waals surface area (Å²) in [4.78, 5) is 1.16. The number of rotatable bonds is 3. The van der Waals surface area contributed by atoms with Crippen molar-refractivity contribution in [2.24, 2.45) is 0 Å². The van der Waals surface area contributed by atoms with Gasteiger partial charge < -0.3 is 5.73 Å². The highest BCUT2D eigenvalue weighted by molar-refractivity contribution is 7.98. The van der Waals surface area contributed by atoms with E-state index in [2.05, 4.69) is 6.07 Å². The number of nitrogens with two attached hydrogens (primary N) is 1. The van der Waals surface area contributed by atoms with E-state index in [1.807, 2.05) is 29.6 Å². The summed E-state index contributed by atoms with van der Waals surface area (Å²) in [5, 5.41) is 3.69. The summed E-state index contributed by atoms with van der Waals surface area (Å²) in [5.74, 6) is 0.929. The van der Waals surface area contributed by atoms with Crippen molar-refractivity contribution < 1.29 is 0 Å². The number of halogens is 1. The minimum absolute atomic E-state index is 0.777. The van der Waals surface area contributed by atoms with Crippen LogP contribution in [0.4, 0.5) is 5.00 Å². The van der Waals surface area contributed by atoms with E-state index < -0.39 is 0 Å². The minimum Gasteiger partial charge on any atom is -0.390 e. The van der Waals surface area contributed by atoms with Crippen LogP contribution in [0.2, 0.25) is 5.02 Å². The summed E-state index contributed by atoms with van der Waals surface area (Å²) in [6, 6.07) is 9.96. The molecule has 0 aliphatic rings. The van der Waals surface area contributed by atoms with Crippen molar-refractivity contribution in [1.82, 2.24) is 0 Å². The van der Waals surface area contributed by atoms with Gasteiger partial charge in [0.1, 0.15) is 0 Å². The molecular weight excluding hydrogens is 246 g/mol. The number of hydrogen-bond donors (Lipinski definition) is 1. The Labute approximate surface area is 102 Å². The molecule has 1 nitrogen and oxygen atoms in total. The highest BCUT2D eigenvalue weighted by atomic mass is 35.5. The van der Waals surface area contributed by atoms with E-state index in [0.29, 0.717) is 0 Å². The number of anilines is 1. The van der Waals surface area contributed by atoms with E-state index in [0.717, 1.165) is 20.7 Å².